The van der Waals surface area contributed by atoms with Crippen molar-refractivity contribution in [1.82, 2.24) is 0 Å². The first-order valence-electron chi connectivity index (χ1n) is 6.37. The highest BCUT2D eigenvalue weighted by Crippen LogP contribution is 2.24. The first-order valence-corrected chi connectivity index (χ1v) is 6.37. The first-order chi connectivity index (χ1) is 8.60. The summed E-state index contributed by atoms with van der Waals surface area (Å²) in [6.07, 6.45) is -1.47. The van der Waals surface area contributed by atoms with Gasteiger partial charge in [0.15, 0.2) is 18.7 Å². The van der Waals surface area contributed by atoms with E-state index in [1.165, 1.54) is 0 Å². The first kappa shape index (κ1) is 15.4. The molecule has 0 saturated carbocycles. The smallest absolute Gasteiger partial charge is 0.337 e. The minimum absolute atomic E-state index is 0.209. The van der Waals surface area contributed by atoms with Gasteiger partial charge in [0.1, 0.15) is 6.10 Å². The molecule has 6 heteroatoms. The van der Waals surface area contributed by atoms with Crippen LogP contribution in [-0.4, -0.2) is 49.1 Å². The third kappa shape index (κ3) is 4.20. The number of hydrogen-bond donors (Lipinski definition) is 1. The molecule has 1 saturated heterocycles. The van der Waals surface area contributed by atoms with Crippen LogP contribution in [0.3, 0.4) is 0 Å². The second-order valence-electron chi connectivity index (χ2n) is 4.09. The maximum atomic E-state index is 11.5. The fraction of sp³-hybridized carbons (Fsp3) is 0.917. The van der Waals surface area contributed by atoms with Crippen LogP contribution in [0.25, 0.3) is 0 Å². The fourth-order valence-electron chi connectivity index (χ4n) is 1.59. The largest absolute Gasteiger partial charge is 0.464 e. The molecule has 0 amide bonds. The second kappa shape index (κ2) is 7.68. The summed E-state index contributed by atoms with van der Waals surface area (Å²) < 4.78 is 20.8. The molecule has 1 heterocycles. The molecular weight excluding hydrogens is 240 g/mol. The fourth-order valence-corrected chi connectivity index (χ4v) is 1.59. The number of rotatable bonds is 8. The molecule has 2 atom stereocenters. The number of unbranched alkanes of at least 4 members (excludes halogenated alkanes) is 1. The van der Waals surface area contributed by atoms with Gasteiger partial charge in [0.25, 0.3) is 0 Å². The molecule has 0 aliphatic carbocycles. The summed E-state index contributed by atoms with van der Waals surface area (Å²) in [5.41, 5.74) is 0. The second-order valence-corrected chi connectivity index (χ2v) is 4.09. The van der Waals surface area contributed by atoms with Crippen molar-refractivity contribution in [3.05, 3.63) is 0 Å². The molecule has 18 heavy (non-hydrogen) atoms. The molecule has 6 nitrogen and oxygen atoms in total. The van der Waals surface area contributed by atoms with Crippen molar-refractivity contribution in [2.24, 2.45) is 0 Å². The van der Waals surface area contributed by atoms with Crippen molar-refractivity contribution in [2.75, 3.05) is 13.2 Å². The zero-order chi connectivity index (χ0) is 13.5. The van der Waals surface area contributed by atoms with E-state index in [1.807, 2.05) is 6.92 Å². The predicted octanol–water partition coefficient (Wildman–Crippen LogP) is 0.815. The van der Waals surface area contributed by atoms with Gasteiger partial charge in [0.2, 0.25) is 0 Å². The summed E-state index contributed by atoms with van der Waals surface area (Å²) in [7, 11) is 0. The maximum absolute atomic E-state index is 11.5. The van der Waals surface area contributed by atoms with Crippen LogP contribution in [0.4, 0.5) is 0 Å². The molecular formula is C12H22O6. The summed E-state index contributed by atoms with van der Waals surface area (Å²) in [6, 6.07) is 0. The van der Waals surface area contributed by atoms with Gasteiger partial charge in [-0.3, -0.25) is 0 Å². The summed E-state index contributed by atoms with van der Waals surface area (Å²) >= 11 is 0. The van der Waals surface area contributed by atoms with Crippen molar-refractivity contribution >= 4 is 5.97 Å². The molecule has 0 radical (unpaired) electrons. The highest BCUT2D eigenvalue weighted by atomic mass is 16.9. The van der Waals surface area contributed by atoms with Gasteiger partial charge in [0.05, 0.1) is 6.61 Å². The number of ether oxygens (including phenoxy) is 4. The molecule has 106 valence electrons. The van der Waals surface area contributed by atoms with Gasteiger partial charge in [-0.2, -0.15) is 0 Å². The van der Waals surface area contributed by atoms with Crippen LogP contribution in [0.2, 0.25) is 0 Å². The summed E-state index contributed by atoms with van der Waals surface area (Å²) in [6.45, 7) is 6.08. The Hall–Kier alpha value is -0.690. The van der Waals surface area contributed by atoms with E-state index in [9.17, 15) is 9.90 Å². The highest BCUT2D eigenvalue weighted by molar-refractivity contribution is 5.75. The van der Waals surface area contributed by atoms with Crippen LogP contribution in [0.1, 0.15) is 33.6 Å². The van der Waals surface area contributed by atoms with E-state index in [4.69, 9.17) is 18.9 Å². The molecule has 0 unspecified atom stereocenters. The normalized spacial score (nSPS) is 26.2. The Labute approximate surface area is 107 Å². The number of hydrogen-bond acceptors (Lipinski definition) is 6. The average molecular weight is 262 g/mol. The SMILES string of the molecule is CCCCO[C@@H](C1OC(C)O1)[C@@H](O)C(=O)OCC. The Bertz CT molecular complexity index is 251. The van der Waals surface area contributed by atoms with Gasteiger partial charge >= 0.3 is 5.97 Å². The van der Waals surface area contributed by atoms with E-state index >= 15 is 0 Å². The third-order valence-electron chi connectivity index (χ3n) is 2.57. The molecule has 1 rings (SSSR count). The summed E-state index contributed by atoms with van der Waals surface area (Å²) in [4.78, 5) is 11.5. The minimum Gasteiger partial charge on any atom is -0.464 e. The maximum Gasteiger partial charge on any atom is 0.337 e. The van der Waals surface area contributed by atoms with E-state index < -0.39 is 24.5 Å². The van der Waals surface area contributed by atoms with Crippen molar-refractivity contribution in [3.8, 4) is 0 Å². The monoisotopic (exact) mass is 262 g/mol. The number of carbonyl (C=O) groups is 1. The van der Waals surface area contributed by atoms with Gasteiger partial charge in [-0.25, -0.2) is 4.79 Å². The third-order valence-corrected chi connectivity index (χ3v) is 2.57. The van der Waals surface area contributed by atoms with Gasteiger partial charge in [-0.05, 0) is 20.3 Å². The standard InChI is InChI=1S/C12H22O6/c1-4-6-7-16-10(12-17-8(3)18-12)9(13)11(14)15-5-2/h8-10,12-13H,4-7H2,1-3H3/t8?,9-,10-,12?/m1/s1. The molecule has 0 aromatic rings. The van der Waals surface area contributed by atoms with Crippen LogP contribution < -0.4 is 0 Å². The summed E-state index contributed by atoms with van der Waals surface area (Å²) in [5.74, 6) is -0.717. The van der Waals surface area contributed by atoms with E-state index in [-0.39, 0.29) is 12.9 Å². The van der Waals surface area contributed by atoms with Crippen LogP contribution in [-0.2, 0) is 23.7 Å². The van der Waals surface area contributed by atoms with E-state index in [0.717, 1.165) is 12.8 Å². The molecule has 0 aromatic carbocycles. The van der Waals surface area contributed by atoms with Gasteiger partial charge in [-0.1, -0.05) is 13.3 Å². The summed E-state index contributed by atoms with van der Waals surface area (Å²) in [5, 5.41) is 9.87. The van der Waals surface area contributed by atoms with E-state index in [1.54, 1.807) is 13.8 Å². The number of aliphatic hydroxyl groups is 1. The lowest BCUT2D eigenvalue weighted by Crippen LogP contribution is -2.54. The zero-order valence-electron chi connectivity index (χ0n) is 11.1. The number of carbonyl (C=O) groups excluding carboxylic acids is 1. The van der Waals surface area contributed by atoms with E-state index in [0.29, 0.717) is 6.61 Å². The Morgan fingerprint density at radius 3 is 2.56 bits per heavy atom. The topological polar surface area (TPSA) is 74.2 Å². The van der Waals surface area contributed by atoms with Crippen LogP contribution in [0, 0.1) is 0 Å². The minimum atomic E-state index is -1.39. The Morgan fingerprint density at radius 2 is 2.06 bits per heavy atom. The van der Waals surface area contributed by atoms with Crippen molar-refractivity contribution < 1.29 is 28.8 Å². The van der Waals surface area contributed by atoms with Gasteiger partial charge in [0, 0.05) is 6.61 Å². The zero-order valence-corrected chi connectivity index (χ0v) is 11.1. The molecule has 0 spiro atoms. The quantitative estimate of drug-likeness (QED) is 0.515. The van der Waals surface area contributed by atoms with Crippen LogP contribution in [0.5, 0.6) is 0 Å². The Morgan fingerprint density at radius 1 is 1.39 bits per heavy atom. The number of esters is 1. The molecule has 1 fully saturated rings. The lowest BCUT2D eigenvalue weighted by molar-refractivity contribution is -0.407. The van der Waals surface area contributed by atoms with Crippen LogP contribution in [0.15, 0.2) is 0 Å². The van der Waals surface area contributed by atoms with Gasteiger partial charge < -0.3 is 24.1 Å². The molecule has 1 N–H and O–H groups in total. The highest BCUT2D eigenvalue weighted by Gasteiger charge is 2.42. The molecule has 0 bridgehead atoms. The molecule has 1 aliphatic heterocycles. The van der Waals surface area contributed by atoms with Gasteiger partial charge in [-0.15, -0.1) is 0 Å². The Kier molecular flexibility index (Phi) is 6.56. The number of aliphatic hydroxyl groups excluding tert-OH is 1. The van der Waals surface area contributed by atoms with Crippen molar-refractivity contribution in [3.63, 3.8) is 0 Å². The lowest BCUT2D eigenvalue weighted by atomic mass is 10.1. The van der Waals surface area contributed by atoms with Crippen molar-refractivity contribution in [1.29, 1.82) is 0 Å². The Balaban J connectivity index is 2.50. The molecule has 1 aliphatic rings. The lowest BCUT2D eigenvalue weighted by Gasteiger charge is -2.39. The average Bonchev–Trinajstić information content (AvgIpc) is 2.31. The molecule has 0 aromatic heterocycles. The van der Waals surface area contributed by atoms with Crippen molar-refractivity contribution in [2.45, 2.75) is 58.4 Å². The predicted molar refractivity (Wildman–Crippen MR) is 62.7 cm³/mol. The van der Waals surface area contributed by atoms with E-state index in [2.05, 4.69) is 0 Å². The van der Waals surface area contributed by atoms with Crippen LogP contribution >= 0.6 is 0 Å².